The fourth-order valence-corrected chi connectivity index (χ4v) is 7.49. The van der Waals surface area contributed by atoms with E-state index in [9.17, 15) is 24.3 Å². The molecule has 47 heavy (non-hydrogen) atoms. The maximum absolute atomic E-state index is 14.6. The van der Waals surface area contributed by atoms with Crippen LogP contribution in [0.1, 0.15) is 51.2 Å². The maximum atomic E-state index is 14.6. The van der Waals surface area contributed by atoms with Crippen LogP contribution in [0.3, 0.4) is 0 Å². The molecule has 3 heterocycles. The molecule has 250 valence electrons. The largest absolute Gasteiger partial charge is 0.455 e. The van der Waals surface area contributed by atoms with Crippen molar-refractivity contribution < 1.29 is 33.8 Å². The highest BCUT2D eigenvalue weighted by molar-refractivity contribution is 6.30. The molecule has 3 fully saturated rings. The average molecular weight is 664 g/mol. The standard InChI is InChI=1S/C36H42ClN3O7/c1-5-7-13-28(42)38-23(4)31(24-11-9-8-10-12-24)46-35(45)29-27-18-19-36(47-27)30(29)33(43)40(22(3)21-41)32(36)34(44)39(20-6-2)26-16-14-25(37)15-17-26/h5-6,8-12,14-17,22-23,27,29-32,41H,1-2,7,13,18-21H2,3-4H3,(H,38,42)/t22-,23-,27+,29-,30-,31-,32+,36-/m1/s1. The second-order valence-electron chi connectivity index (χ2n) is 12.5. The van der Waals surface area contributed by atoms with E-state index in [1.54, 1.807) is 50.3 Å². The number of fused-ring (bicyclic) bond motifs is 1. The van der Waals surface area contributed by atoms with E-state index in [-0.39, 0.29) is 18.9 Å². The summed E-state index contributed by atoms with van der Waals surface area (Å²) in [6.07, 6.45) is 3.33. The number of likely N-dealkylation sites (tertiary alicyclic amines) is 1. The van der Waals surface area contributed by atoms with Gasteiger partial charge in [-0.2, -0.15) is 0 Å². The Morgan fingerprint density at radius 2 is 1.85 bits per heavy atom. The van der Waals surface area contributed by atoms with Gasteiger partial charge in [-0.05, 0) is 62.9 Å². The predicted molar refractivity (Wildman–Crippen MR) is 177 cm³/mol. The van der Waals surface area contributed by atoms with Gasteiger partial charge in [0.05, 0.1) is 36.6 Å². The van der Waals surface area contributed by atoms with E-state index >= 15 is 0 Å². The van der Waals surface area contributed by atoms with Crippen molar-refractivity contribution in [1.29, 1.82) is 0 Å². The number of carbonyl (C=O) groups is 4. The van der Waals surface area contributed by atoms with Crippen molar-refractivity contribution >= 4 is 41.0 Å². The number of rotatable bonds is 14. The van der Waals surface area contributed by atoms with E-state index in [0.717, 1.165) is 0 Å². The number of nitrogens with zero attached hydrogens (tertiary/aromatic N) is 2. The van der Waals surface area contributed by atoms with Crippen LogP contribution in [0.15, 0.2) is 79.9 Å². The van der Waals surface area contributed by atoms with Gasteiger partial charge >= 0.3 is 5.97 Å². The molecule has 11 heteroatoms. The smallest absolute Gasteiger partial charge is 0.313 e. The molecular weight excluding hydrogens is 622 g/mol. The molecule has 2 aromatic carbocycles. The summed E-state index contributed by atoms with van der Waals surface area (Å²) in [4.78, 5) is 58.6. The van der Waals surface area contributed by atoms with E-state index in [4.69, 9.17) is 21.1 Å². The molecule has 1 spiro atoms. The van der Waals surface area contributed by atoms with Crippen LogP contribution in [0.2, 0.25) is 5.02 Å². The van der Waals surface area contributed by atoms with E-state index in [1.165, 1.54) is 9.80 Å². The van der Waals surface area contributed by atoms with Crippen molar-refractivity contribution in [3.05, 3.63) is 90.5 Å². The highest BCUT2D eigenvalue weighted by Crippen LogP contribution is 2.59. The summed E-state index contributed by atoms with van der Waals surface area (Å²) < 4.78 is 12.8. The monoisotopic (exact) mass is 663 g/mol. The third-order valence-electron chi connectivity index (χ3n) is 9.49. The molecule has 2 bridgehead atoms. The highest BCUT2D eigenvalue weighted by atomic mass is 35.5. The van der Waals surface area contributed by atoms with Gasteiger partial charge < -0.3 is 29.7 Å². The molecule has 3 amide bonds. The summed E-state index contributed by atoms with van der Waals surface area (Å²) in [5, 5.41) is 13.6. The van der Waals surface area contributed by atoms with Crippen LogP contribution in [-0.2, 0) is 28.7 Å². The number of halogens is 1. The van der Waals surface area contributed by atoms with Crippen molar-refractivity contribution in [1.82, 2.24) is 10.2 Å². The van der Waals surface area contributed by atoms with Crippen molar-refractivity contribution in [3.8, 4) is 0 Å². The Bertz CT molecular complexity index is 1500. The number of amides is 3. The normalized spacial score (nSPS) is 26.2. The van der Waals surface area contributed by atoms with Gasteiger partial charge in [-0.1, -0.05) is 54.1 Å². The quantitative estimate of drug-likeness (QED) is 0.227. The van der Waals surface area contributed by atoms with Crippen LogP contribution in [0.25, 0.3) is 0 Å². The number of anilines is 1. The van der Waals surface area contributed by atoms with Crippen LogP contribution in [0.5, 0.6) is 0 Å². The molecular formula is C36H42ClN3O7. The number of ether oxygens (including phenoxy) is 2. The Morgan fingerprint density at radius 3 is 2.49 bits per heavy atom. The summed E-state index contributed by atoms with van der Waals surface area (Å²) in [5.74, 6) is -3.67. The SMILES string of the molecule is C=CCCC(=O)N[C@H](C)[C@@H](OC(=O)[C@@H]1[C@@H]2CC[C@]3(O2)[C@H](C(=O)N(CC=C)c2ccc(Cl)cc2)N([C@H](C)CO)C(=O)[C@@H]13)c1ccccc1. The van der Waals surface area contributed by atoms with Crippen molar-refractivity contribution in [2.24, 2.45) is 11.8 Å². The van der Waals surface area contributed by atoms with Crippen molar-refractivity contribution in [2.75, 3.05) is 18.1 Å². The Labute approximate surface area is 280 Å². The number of esters is 1. The lowest BCUT2D eigenvalue weighted by Crippen LogP contribution is -2.58. The molecule has 10 nitrogen and oxygen atoms in total. The van der Waals surface area contributed by atoms with Gasteiger partial charge in [0.1, 0.15) is 17.7 Å². The summed E-state index contributed by atoms with van der Waals surface area (Å²) >= 11 is 6.12. The lowest BCUT2D eigenvalue weighted by atomic mass is 9.70. The number of allylic oxidation sites excluding steroid dienone is 1. The summed E-state index contributed by atoms with van der Waals surface area (Å²) in [6.45, 7) is 10.7. The summed E-state index contributed by atoms with van der Waals surface area (Å²) in [7, 11) is 0. The van der Waals surface area contributed by atoms with E-state index in [2.05, 4.69) is 18.5 Å². The second kappa shape index (κ2) is 14.4. The molecule has 5 rings (SSSR count). The number of carbonyl (C=O) groups excluding carboxylic acids is 4. The molecule has 0 unspecified atom stereocenters. The second-order valence-corrected chi connectivity index (χ2v) is 12.9. The van der Waals surface area contributed by atoms with Crippen LogP contribution in [0.4, 0.5) is 5.69 Å². The first-order valence-electron chi connectivity index (χ1n) is 16.0. The van der Waals surface area contributed by atoms with Crippen LogP contribution >= 0.6 is 11.6 Å². The van der Waals surface area contributed by atoms with Gasteiger partial charge in [-0.25, -0.2) is 0 Å². The van der Waals surface area contributed by atoms with Crippen LogP contribution in [-0.4, -0.2) is 76.7 Å². The first kappa shape index (κ1) is 34.3. The lowest BCUT2D eigenvalue weighted by Gasteiger charge is -2.38. The molecule has 3 saturated heterocycles. The fourth-order valence-electron chi connectivity index (χ4n) is 7.36. The fraction of sp³-hybridized carbons (Fsp3) is 0.444. The molecule has 8 atom stereocenters. The third-order valence-corrected chi connectivity index (χ3v) is 9.74. The molecule has 0 radical (unpaired) electrons. The number of nitrogens with one attached hydrogen (secondary N) is 1. The van der Waals surface area contributed by atoms with Crippen LogP contribution in [0, 0.1) is 11.8 Å². The van der Waals surface area contributed by atoms with E-state index in [1.807, 2.05) is 30.3 Å². The van der Waals surface area contributed by atoms with Crippen molar-refractivity contribution in [2.45, 2.75) is 75.5 Å². The van der Waals surface area contributed by atoms with Gasteiger partial charge in [0.25, 0.3) is 5.91 Å². The molecule has 0 aromatic heterocycles. The lowest BCUT2D eigenvalue weighted by molar-refractivity contribution is -0.162. The average Bonchev–Trinajstić information content (AvgIpc) is 3.72. The zero-order valence-corrected chi connectivity index (χ0v) is 27.5. The minimum absolute atomic E-state index is 0.150. The predicted octanol–water partition coefficient (Wildman–Crippen LogP) is 4.37. The third kappa shape index (κ3) is 6.46. The molecule has 0 aliphatic carbocycles. The highest BCUT2D eigenvalue weighted by Gasteiger charge is 2.75. The van der Waals surface area contributed by atoms with Crippen molar-refractivity contribution in [3.63, 3.8) is 0 Å². The molecule has 3 aliphatic rings. The van der Waals surface area contributed by atoms with Gasteiger partial charge in [0.2, 0.25) is 11.8 Å². The van der Waals surface area contributed by atoms with Gasteiger partial charge in [-0.3, -0.25) is 19.2 Å². The Morgan fingerprint density at radius 1 is 1.15 bits per heavy atom. The minimum atomic E-state index is -1.30. The van der Waals surface area contributed by atoms with Gasteiger partial charge in [-0.15, -0.1) is 13.2 Å². The Kier molecular flexibility index (Phi) is 10.5. The van der Waals surface area contributed by atoms with E-state index in [0.29, 0.717) is 35.5 Å². The maximum Gasteiger partial charge on any atom is 0.313 e. The molecule has 2 N–H and O–H groups in total. The van der Waals surface area contributed by atoms with Crippen LogP contribution < -0.4 is 10.2 Å². The minimum Gasteiger partial charge on any atom is -0.455 e. The molecule has 2 aromatic rings. The van der Waals surface area contributed by atoms with Gasteiger partial charge in [0.15, 0.2) is 0 Å². The summed E-state index contributed by atoms with van der Waals surface area (Å²) in [6, 6.07) is 13.5. The topological polar surface area (TPSA) is 125 Å². The molecule has 3 aliphatic heterocycles. The first-order valence-corrected chi connectivity index (χ1v) is 16.4. The Hall–Kier alpha value is -3.99. The number of hydrogen-bond acceptors (Lipinski definition) is 7. The summed E-state index contributed by atoms with van der Waals surface area (Å²) in [5.41, 5.74) is -0.0630. The Balaban J connectivity index is 1.48. The number of hydrogen-bond donors (Lipinski definition) is 2. The first-order chi connectivity index (χ1) is 22.6. The van der Waals surface area contributed by atoms with Gasteiger partial charge in [0, 0.05) is 23.7 Å². The van der Waals surface area contributed by atoms with E-state index < -0.39 is 72.2 Å². The molecule has 0 saturated carbocycles. The zero-order chi connectivity index (χ0) is 33.9. The zero-order valence-electron chi connectivity index (χ0n) is 26.7. The number of benzene rings is 2. The number of aliphatic hydroxyl groups excluding tert-OH is 1. The number of aliphatic hydroxyl groups is 1.